The maximum absolute atomic E-state index is 12.8. The fourth-order valence-corrected chi connectivity index (χ4v) is 3.28. The number of furan rings is 1. The summed E-state index contributed by atoms with van der Waals surface area (Å²) in [6, 6.07) is 13.6. The predicted molar refractivity (Wildman–Crippen MR) is 107 cm³/mol. The van der Waals surface area contributed by atoms with Crippen LogP contribution >= 0.6 is 0 Å². The molecule has 3 rings (SSSR count). The molecular formula is C23H27NO4. The van der Waals surface area contributed by atoms with E-state index in [4.69, 9.17) is 9.15 Å². The number of carbonyl (C=O) groups excluding carboxylic acids is 2. The summed E-state index contributed by atoms with van der Waals surface area (Å²) in [5, 5.41) is 0. The molecule has 1 saturated carbocycles. The van der Waals surface area contributed by atoms with E-state index < -0.39 is 5.92 Å². The number of benzene rings is 1. The van der Waals surface area contributed by atoms with Crippen LogP contribution < -0.4 is 0 Å². The molecule has 3 unspecified atom stereocenters. The standard InChI is InChI=1S/C23H27NO4/c1-16-13-20(16)21-11-9-19(28-21)10-12-22(25)24(14-17(2)23(26)27-3)15-18-7-5-4-6-8-18/h4-12,16-17,20H,13-15H2,1-3H3/b12-10+. The van der Waals surface area contributed by atoms with Crippen LogP contribution in [-0.2, 0) is 20.9 Å². The highest BCUT2D eigenvalue weighted by molar-refractivity contribution is 5.91. The second kappa shape index (κ2) is 8.91. The van der Waals surface area contributed by atoms with E-state index in [1.54, 1.807) is 17.9 Å². The molecule has 28 heavy (non-hydrogen) atoms. The first-order valence-corrected chi connectivity index (χ1v) is 9.66. The van der Waals surface area contributed by atoms with E-state index in [0.717, 1.165) is 17.7 Å². The van der Waals surface area contributed by atoms with Gasteiger partial charge in [-0.2, -0.15) is 0 Å². The van der Waals surface area contributed by atoms with Gasteiger partial charge in [0, 0.05) is 25.1 Å². The van der Waals surface area contributed by atoms with Crippen LogP contribution in [0.3, 0.4) is 0 Å². The molecule has 1 aromatic carbocycles. The molecule has 1 aliphatic rings. The Kier molecular flexibility index (Phi) is 6.34. The lowest BCUT2D eigenvalue weighted by Gasteiger charge is -2.24. The monoisotopic (exact) mass is 381 g/mol. The molecule has 1 amide bonds. The van der Waals surface area contributed by atoms with Crippen LogP contribution in [0.1, 0.15) is 43.3 Å². The van der Waals surface area contributed by atoms with E-state index in [-0.39, 0.29) is 18.4 Å². The molecule has 0 bridgehead atoms. The van der Waals surface area contributed by atoms with Crippen LogP contribution in [0, 0.1) is 11.8 Å². The number of methoxy groups -OCH3 is 1. The SMILES string of the molecule is COC(=O)C(C)CN(Cc1ccccc1)C(=O)/C=C/c1ccc(C2CC2C)o1. The smallest absolute Gasteiger partial charge is 0.310 e. The Bertz CT molecular complexity index is 839. The van der Waals surface area contributed by atoms with Crippen LogP contribution in [0.2, 0.25) is 0 Å². The normalized spacial score (nSPS) is 19.4. The molecule has 0 saturated heterocycles. The van der Waals surface area contributed by atoms with Gasteiger partial charge in [-0.1, -0.05) is 44.2 Å². The Labute approximate surface area is 166 Å². The van der Waals surface area contributed by atoms with Gasteiger partial charge in [0.05, 0.1) is 13.0 Å². The minimum atomic E-state index is -0.405. The van der Waals surface area contributed by atoms with Crippen molar-refractivity contribution < 1.29 is 18.7 Å². The molecule has 5 heteroatoms. The lowest BCUT2D eigenvalue weighted by molar-refractivity contribution is -0.146. The molecule has 1 aliphatic carbocycles. The second-order valence-corrected chi connectivity index (χ2v) is 7.52. The first-order chi connectivity index (χ1) is 13.5. The number of amides is 1. The Morgan fingerprint density at radius 2 is 1.96 bits per heavy atom. The summed E-state index contributed by atoms with van der Waals surface area (Å²) in [6.45, 7) is 4.68. The molecule has 5 nitrogen and oxygen atoms in total. The summed E-state index contributed by atoms with van der Waals surface area (Å²) in [5.41, 5.74) is 1.00. The highest BCUT2D eigenvalue weighted by atomic mass is 16.5. The van der Waals surface area contributed by atoms with Gasteiger partial charge in [0.25, 0.3) is 0 Å². The highest BCUT2D eigenvalue weighted by Gasteiger charge is 2.36. The molecule has 0 N–H and O–H groups in total. The van der Waals surface area contributed by atoms with Crippen LogP contribution in [0.25, 0.3) is 6.08 Å². The van der Waals surface area contributed by atoms with Gasteiger partial charge in [0.15, 0.2) is 0 Å². The lowest BCUT2D eigenvalue weighted by Crippen LogP contribution is -2.35. The summed E-state index contributed by atoms with van der Waals surface area (Å²) in [7, 11) is 1.36. The van der Waals surface area contributed by atoms with Crippen molar-refractivity contribution in [3.8, 4) is 0 Å². The Balaban J connectivity index is 1.69. The maximum atomic E-state index is 12.8. The topological polar surface area (TPSA) is 59.8 Å². The van der Waals surface area contributed by atoms with Gasteiger partial charge in [-0.25, -0.2) is 0 Å². The van der Waals surface area contributed by atoms with Crippen LogP contribution in [0.5, 0.6) is 0 Å². The summed E-state index contributed by atoms with van der Waals surface area (Å²) in [4.78, 5) is 26.3. The number of hydrogen-bond acceptors (Lipinski definition) is 4. The molecule has 148 valence electrons. The maximum Gasteiger partial charge on any atom is 0.310 e. The fraction of sp³-hybridized carbons (Fsp3) is 0.391. The van der Waals surface area contributed by atoms with E-state index in [2.05, 4.69) is 6.92 Å². The minimum absolute atomic E-state index is 0.169. The molecule has 2 aromatic rings. The van der Waals surface area contributed by atoms with Crippen LogP contribution in [0.4, 0.5) is 0 Å². The number of hydrogen-bond donors (Lipinski definition) is 0. The van der Waals surface area contributed by atoms with E-state index in [9.17, 15) is 9.59 Å². The van der Waals surface area contributed by atoms with Crippen molar-refractivity contribution in [2.24, 2.45) is 11.8 Å². The van der Waals surface area contributed by atoms with Crippen molar-refractivity contribution in [1.29, 1.82) is 0 Å². The Hall–Kier alpha value is -2.82. The zero-order valence-electron chi connectivity index (χ0n) is 16.6. The average molecular weight is 381 g/mol. The first-order valence-electron chi connectivity index (χ1n) is 9.66. The fourth-order valence-electron chi connectivity index (χ4n) is 3.28. The van der Waals surface area contributed by atoms with Gasteiger partial charge in [-0.15, -0.1) is 0 Å². The van der Waals surface area contributed by atoms with E-state index in [0.29, 0.717) is 24.1 Å². The third-order valence-electron chi connectivity index (χ3n) is 5.14. The van der Waals surface area contributed by atoms with Gasteiger partial charge in [0.2, 0.25) is 5.91 Å². The summed E-state index contributed by atoms with van der Waals surface area (Å²) < 4.78 is 10.6. The largest absolute Gasteiger partial charge is 0.469 e. The van der Waals surface area contributed by atoms with Crippen LogP contribution in [-0.4, -0.2) is 30.4 Å². The molecule has 0 spiro atoms. The second-order valence-electron chi connectivity index (χ2n) is 7.52. The number of nitrogens with zero attached hydrogens (tertiary/aromatic N) is 1. The Morgan fingerprint density at radius 3 is 2.61 bits per heavy atom. The molecular weight excluding hydrogens is 354 g/mol. The molecule has 0 radical (unpaired) electrons. The number of rotatable bonds is 8. The van der Waals surface area contributed by atoms with Crippen molar-refractivity contribution >= 4 is 18.0 Å². The van der Waals surface area contributed by atoms with Gasteiger partial charge in [-0.05, 0) is 36.1 Å². The molecule has 1 fully saturated rings. The molecule has 3 atom stereocenters. The van der Waals surface area contributed by atoms with Gasteiger partial charge in [0.1, 0.15) is 11.5 Å². The van der Waals surface area contributed by atoms with Gasteiger partial charge >= 0.3 is 5.97 Å². The van der Waals surface area contributed by atoms with Crippen molar-refractivity contribution in [3.63, 3.8) is 0 Å². The van der Waals surface area contributed by atoms with Crippen LogP contribution in [0.15, 0.2) is 53.0 Å². The summed E-state index contributed by atoms with van der Waals surface area (Å²) >= 11 is 0. The summed E-state index contributed by atoms with van der Waals surface area (Å²) in [5.74, 6) is 1.93. The van der Waals surface area contributed by atoms with Crippen molar-refractivity contribution in [3.05, 3.63) is 65.6 Å². The van der Waals surface area contributed by atoms with E-state index >= 15 is 0 Å². The highest BCUT2D eigenvalue weighted by Crippen LogP contribution is 2.47. The van der Waals surface area contributed by atoms with Crippen molar-refractivity contribution in [2.45, 2.75) is 32.7 Å². The van der Waals surface area contributed by atoms with Crippen molar-refractivity contribution in [2.75, 3.05) is 13.7 Å². The molecule has 0 aliphatic heterocycles. The summed E-state index contributed by atoms with van der Waals surface area (Å²) in [6.07, 6.45) is 4.36. The number of esters is 1. The van der Waals surface area contributed by atoms with Crippen molar-refractivity contribution in [1.82, 2.24) is 4.90 Å². The zero-order valence-corrected chi connectivity index (χ0v) is 16.6. The van der Waals surface area contributed by atoms with Gasteiger partial charge < -0.3 is 14.1 Å². The predicted octanol–water partition coefficient (Wildman–Crippen LogP) is 4.25. The zero-order chi connectivity index (χ0) is 20.1. The lowest BCUT2D eigenvalue weighted by atomic mass is 10.1. The van der Waals surface area contributed by atoms with E-state index in [1.807, 2.05) is 42.5 Å². The minimum Gasteiger partial charge on any atom is -0.469 e. The molecule has 1 heterocycles. The number of ether oxygens (including phenoxy) is 1. The number of carbonyl (C=O) groups is 2. The first kappa shape index (κ1) is 19.9. The van der Waals surface area contributed by atoms with Gasteiger partial charge in [-0.3, -0.25) is 9.59 Å². The molecule has 1 aromatic heterocycles. The Morgan fingerprint density at radius 1 is 1.25 bits per heavy atom. The third-order valence-corrected chi connectivity index (χ3v) is 5.14. The quantitative estimate of drug-likeness (QED) is 0.506. The average Bonchev–Trinajstić information content (AvgIpc) is 3.25. The third kappa shape index (κ3) is 5.12. The van der Waals surface area contributed by atoms with E-state index in [1.165, 1.54) is 13.2 Å².